The summed E-state index contributed by atoms with van der Waals surface area (Å²) < 4.78 is 0. The van der Waals surface area contributed by atoms with Crippen LogP contribution in [0.5, 0.6) is 0 Å². The fourth-order valence-corrected chi connectivity index (χ4v) is 1.87. The molecule has 0 bridgehead atoms. The predicted octanol–water partition coefficient (Wildman–Crippen LogP) is 2.25. The van der Waals surface area contributed by atoms with Crippen molar-refractivity contribution in [2.45, 2.75) is 44.8 Å². The van der Waals surface area contributed by atoms with Crippen molar-refractivity contribution in [3.8, 4) is 0 Å². The van der Waals surface area contributed by atoms with E-state index in [4.69, 9.17) is 10.6 Å². The van der Waals surface area contributed by atoms with E-state index >= 15 is 0 Å². The molecule has 4 nitrogen and oxygen atoms in total. The van der Waals surface area contributed by atoms with Gasteiger partial charge in [0.2, 0.25) is 0 Å². The maximum absolute atomic E-state index is 6.05. The number of rotatable bonds is 3. The minimum absolute atomic E-state index is 0.0278. The Labute approximate surface area is 102 Å². The Balaban J connectivity index is 1.79. The summed E-state index contributed by atoms with van der Waals surface area (Å²) in [5.41, 5.74) is 8.04. The molecule has 1 aliphatic rings. The lowest BCUT2D eigenvalue weighted by Crippen LogP contribution is -2.40. The third-order valence-electron chi connectivity index (χ3n) is 3.10. The molecule has 0 unspecified atom stereocenters. The van der Waals surface area contributed by atoms with Crippen LogP contribution in [0.4, 0.5) is 0 Å². The molecule has 4 heteroatoms. The van der Waals surface area contributed by atoms with Crippen LogP contribution in [-0.4, -0.2) is 16.2 Å². The van der Waals surface area contributed by atoms with Crippen molar-refractivity contribution in [2.75, 3.05) is 0 Å². The van der Waals surface area contributed by atoms with Crippen LogP contribution in [0, 0.1) is 0 Å². The van der Waals surface area contributed by atoms with Gasteiger partial charge in [0.15, 0.2) is 6.61 Å². The monoisotopic (exact) mass is 233 g/mol. The van der Waals surface area contributed by atoms with Crippen LogP contribution in [0.25, 0.3) is 0 Å². The van der Waals surface area contributed by atoms with Crippen molar-refractivity contribution in [1.29, 1.82) is 0 Å². The Bertz CT molecular complexity index is 375. The molecule has 1 aliphatic carbocycles. The Morgan fingerprint density at radius 1 is 1.41 bits per heavy atom. The molecule has 1 aromatic rings. The highest BCUT2D eigenvalue weighted by molar-refractivity contribution is 5.84. The van der Waals surface area contributed by atoms with Gasteiger partial charge in [-0.25, -0.2) is 0 Å². The van der Waals surface area contributed by atoms with Crippen molar-refractivity contribution >= 4 is 5.71 Å². The number of nitrogens with zero attached hydrogens (tertiary/aromatic N) is 2. The van der Waals surface area contributed by atoms with Crippen molar-refractivity contribution in [3.63, 3.8) is 0 Å². The number of aromatic nitrogens is 1. The highest BCUT2D eigenvalue weighted by atomic mass is 16.6. The molecule has 0 atom stereocenters. The molecular weight excluding hydrogens is 214 g/mol. The highest BCUT2D eigenvalue weighted by Gasteiger charge is 2.24. The van der Waals surface area contributed by atoms with Gasteiger partial charge in [-0.15, -0.1) is 0 Å². The molecular formula is C13H19N3O. The van der Waals surface area contributed by atoms with E-state index in [-0.39, 0.29) is 5.54 Å². The first kappa shape index (κ1) is 12.0. The second kappa shape index (κ2) is 5.27. The van der Waals surface area contributed by atoms with Gasteiger partial charge in [-0.1, -0.05) is 11.2 Å². The lowest BCUT2D eigenvalue weighted by molar-refractivity contribution is 0.125. The van der Waals surface area contributed by atoms with Gasteiger partial charge in [0.25, 0.3) is 0 Å². The van der Waals surface area contributed by atoms with Crippen LogP contribution in [0.2, 0.25) is 0 Å². The molecule has 0 aromatic carbocycles. The van der Waals surface area contributed by atoms with Gasteiger partial charge >= 0.3 is 0 Å². The summed E-state index contributed by atoms with van der Waals surface area (Å²) in [5.74, 6) is 0. The summed E-state index contributed by atoms with van der Waals surface area (Å²) in [7, 11) is 0. The molecule has 1 fully saturated rings. The first-order valence-corrected chi connectivity index (χ1v) is 6.02. The molecule has 92 valence electrons. The van der Waals surface area contributed by atoms with E-state index in [9.17, 15) is 0 Å². The summed E-state index contributed by atoms with van der Waals surface area (Å²) in [6.45, 7) is 2.53. The number of hydrogen-bond acceptors (Lipinski definition) is 4. The number of hydrogen-bond donors (Lipinski definition) is 1. The van der Waals surface area contributed by atoms with E-state index in [2.05, 4.69) is 17.1 Å². The van der Waals surface area contributed by atoms with Crippen LogP contribution in [-0.2, 0) is 11.4 Å². The summed E-state index contributed by atoms with van der Waals surface area (Å²) in [6, 6.07) is 5.76. The first-order chi connectivity index (χ1) is 8.16. The van der Waals surface area contributed by atoms with Crippen molar-refractivity contribution in [1.82, 2.24) is 4.98 Å². The van der Waals surface area contributed by atoms with Crippen LogP contribution in [0.15, 0.2) is 29.6 Å². The lowest BCUT2D eigenvalue weighted by atomic mass is 9.83. The third-order valence-corrected chi connectivity index (χ3v) is 3.10. The lowest BCUT2D eigenvalue weighted by Gasteiger charge is -2.29. The van der Waals surface area contributed by atoms with E-state index in [1.54, 1.807) is 6.20 Å². The summed E-state index contributed by atoms with van der Waals surface area (Å²) >= 11 is 0. The smallest absolute Gasteiger partial charge is 0.159 e. The molecule has 1 saturated carbocycles. The molecule has 0 saturated heterocycles. The number of pyridine rings is 1. The maximum Gasteiger partial charge on any atom is 0.159 e. The second-order valence-corrected chi connectivity index (χ2v) is 4.91. The fourth-order valence-electron chi connectivity index (χ4n) is 1.87. The topological polar surface area (TPSA) is 60.5 Å². The van der Waals surface area contributed by atoms with Gasteiger partial charge in [0.05, 0.1) is 11.4 Å². The van der Waals surface area contributed by atoms with E-state index in [0.29, 0.717) is 6.61 Å². The molecule has 0 spiro atoms. The van der Waals surface area contributed by atoms with Crippen molar-refractivity contribution in [3.05, 3.63) is 30.1 Å². The largest absolute Gasteiger partial charge is 0.389 e. The quantitative estimate of drug-likeness (QED) is 0.814. The van der Waals surface area contributed by atoms with Crippen LogP contribution in [0.1, 0.15) is 38.3 Å². The first-order valence-electron chi connectivity index (χ1n) is 6.02. The van der Waals surface area contributed by atoms with E-state index in [1.165, 1.54) is 0 Å². The number of oxime groups is 1. The normalized spacial score (nSPS) is 24.5. The van der Waals surface area contributed by atoms with Gasteiger partial charge in [-0.05, 0) is 44.7 Å². The van der Waals surface area contributed by atoms with Gasteiger partial charge in [0.1, 0.15) is 0 Å². The molecule has 1 heterocycles. The molecule has 17 heavy (non-hydrogen) atoms. The zero-order valence-electron chi connectivity index (χ0n) is 10.2. The molecule has 0 aliphatic heterocycles. The maximum atomic E-state index is 6.05. The van der Waals surface area contributed by atoms with Crippen LogP contribution in [0.3, 0.4) is 0 Å². The summed E-state index contributed by atoms with van der Waals surface area (Å²) in [4.78, 5) is 9.48. The van der Waals surface area contributed by atoms with Crippen molar-refractivity contribution < 1.29 is 4.84 Å². The van der Waals surface area contributed by atoms with Gasteiger partial charge in [0, 0.05) is 11.7 Å². The Morgan fingerprint density at radius 3 is 2.82 bits per heavy atom. The van der Waals surface area contributed by atoms with Crippen LogP contribution >= 0.6 is 0 Å². The van der Waals surface area contributed by atoms with Crippen molar-refractivity contribution in [2.24, 2.45) is 10.9 Å². The zero-order chi connectivity index (χ0) is 12.1. The minimum atomic E-state index is -0.0278. The Morgan fingerprint density at radius 2 is 2.18 bits per heavy atom. The molecule has 2 rings (SSSR count). The molecule has 1 aromatic heterocycles. The Hall–Kier alpha value is -1.42. The highest BCUT2D eigenvalue weighted by Crippen LogP contribution is 2.23. The van der Waals surface area contributed by atoms with Gasteiger partial charge in [-0.2, -0.15) is 0 Å². The molecule has 0 amide bonds. The average molecular weight is 233 g/mol. The van der Waals surface area contributed by atoms with E-state index in [1.807, 2.05) is 18.2 Å². The zero-order valence-corrected chi connectivity index (χ0v) is 10.2. The third kappa shape index (κ3) is 3.82. The SMILES string of the molecule is CC1(N)CCC(=NOCc2ccccn2)CC1. The second-order valence-electron chi connectivity index (χ2n) is 4.91. The summed E-state index contributed by atoms with van der Waals surface area (Å²) in [6.07, 6.45) is 5.61. The molecule has 0 radical (unpaired) electrons. The fraction of sp³-hybridized carbons (Fsp3) is 0.538. The number of nitrogens with two attached hydrogens (primary N) is 1. The predicted molar refractivity (Wildman–Crippen MR) is 67.5 cm³/mol. The van der Waals surface area contributed by atoms with Gasteiger partial charge < -0.3 is 10.6 Å². The van der Waals surface area contributed by atoms with Crippen LogP contribution < -0.4 is 5.73 Å². The average Bonchev–Trinajstić information content (AvgIpc) is 2.33. The Kier molecular flexibility index (Phi) is 3.74. The van der Waals surface area contributed by atoms with E-state index < -0.39 is 0 Å². The standard InChI is InChI=1S/C13H19N3O/c1-13(14)7-5-11(6-8-13)16-17-10-12-4-2-3-9-15-12/h2-4,9H,5-8,10,14H2,1H3. The van der Waals surface area contributed by atoms with Gasteiger partial charge in [-0.3, -0.25) is 4.98 Å². The van der Waals surface area contributed by atoms with E-state index in [0.717, 1.165) is 37.1 Å². The molecule has 2 N–H and O–H groups in total. The summed E-state index contributed by atoms with van der Waals surface area (Å²) in [5, 5.41) is 4.17. The minimum Gasteiger partial charge on any atom is -0.389 e.